The zero-order chi connectivity index (χ0) is 44.9. The zero-order valence-electron chi connectivity index (χ0n) is 41.5. The van der Waals surface area contributed by atoms with E-state index in [1.165, 1.54) is 77.0 Å². The molecule has 0 aliphatic carbocycles. The number of carbonyl (C=O) groups excluding carboxylic acids is 3. The van der Waals surface area contributed by atoms with Crippen LogP contribution in [0.4, 0.5) is 0 Å². The number of rotatable bonds is 42. The lowest BCUT2D eigenvalue weighted by Gasteiger charge is -2.37. The van der Waals surface area contributed by atoms with Gasteiger partial charge in [0.1, 0.15) is 13.2 Å². The maximum absolute atomic E-state index is 14.2. The fourth-order valence-electron chi connectivity index (χ4n) is 9.00. The van der Waals surface area contributed by atoms with Crippen molar-refractivity contribution in [1.82, 2.24) is 4.90 Å². The van der Waals surface area contributed by atoms with E-state index in [0.717, 1.165) is 114 Å². The van der Waals surface area contributed by atoms with Crippen LogP contribution in [0.3, 0.4) is 0 Å². The van der Waals surface area contributed by atoms with Crippen molar-refractivity contribution in [3.63, 3.8) is 0 Å². The quantitative estimate of drug-likeness (QED) is 0.0263. The Hall–Kier alpha value is -1.52. The Kier molecular flexibility index (Phi) is 37.0. The van der Waals surface area contributed by atoms with Crippen LogP contribution in [0.1, 0.15) is 229 Å². The van der Waals surface area contributed by atoms with Gasteiger partial charge in [0, 0.05) is 24.8 Å². The predicted molar refractivity (Wildman–Crippen MR) is 262 cm³/mol. The maximum Gasteiger partial charge on any atom is 0.306 e. The van der Waals surface area contributed by atoms with Gasteiger partial charge < -0.3 is 14.4 Å². The summed E-state index contributed by atoms with van der Waals surface area (Å²) in [6, 6.07) is 0. The Morgan fingerprint density at radius 3 is 1.27 bits per heavy atom. The van der Waals surface area contributed by atoms with Crippen molar-refractivity contribution < 1.29 is 23.9 Å². The highest BCUT2D eigenvalue weighted by Gasteiger charge is 2.38. The lowest BCUT2D eigenvalue weighted by atomic mass is 9.75. The number of hydrogen-bond donors (Lipinski definition) is 0. The van der Waals surface area contributed by atoms with Crippen LogP contribution in [0.5, 0.6) is 0 Å². The highest BCUT2D eigenvalue weighted by Crippen LogP contribution is 2.49. The number of carbonyl (C=O) groups is 3. The molecule has 0 aromatic rings. The molecule has 0 saturated heterocycles. The van der Waals surface area contributed by atoms with Crippen LogP contribution < -0.4 is 0 Å². The third-order valence-corrected chi connectivity index (χ3v) is 14.9. The van der Waals surface area contributed by atoms with Gasteiger partial charge in [-0.1, -0.05) is 195 Å². The average Bonchev–Trinajstić information content (AvgIpc) is 3.19. The third-order valence-electron chi connectivity index (χ3n) is 12.0. The van der Waals surface area contributed by atoms with Gasteiger partial charge in [0.15, 0.2) is 5.52 Å². The summed E-state index contributed by atoms with van der Waals surface area (Å²) in [6.45, 7) is 19.7. The Balaban J connectivity index is 4.70. The second-order valence-corrected chi connectivity index (χ2v) is 22.3. The van der Waals surface area contributed by atoms with E-state index in [1.54, 1.807) is 0 Å². The van der Waals surface area contributed by atoms with Gasteiger partial charge in [-0.15, -0.1) is 0 Å². The van der Waals surface area contributed by atoms with E-state index in [1.807, 2.05) is 12.2 Å². The van der Waals surface area contributed by atoms with E-state index in [0.29, 0.717) is 31.6 Å². The molecular formula is C53H100NO5P. The molecule has 352 valence electrons. The lowest BCUT2D eigenvalue weighted by molar-refractivity contribution is -0.143. The summed E-state index contributed by atoms with van der Waals surface area (Å²) in [7, 11) is 3.52. The van der Waals surface area contributed by atoms with Crippen molar-refractivity contribution in [3.8, 4) is 0 Å². The molecule has 0 heterocycles. The Labute approximate surface area is 374 Å². The molecule has 0 spiro atoms. The highest BCUT2D eigenvalue weighted by atomic mass is 31.1. The first-order valence-electron chi connectivity index (χ1n) is 25.3. The molecule has 0 N–H and O–H groups in total. The molecule has 0 aliphatic rings. The van der Waals surface area contributed by atoms with Gasteiger partial charge in [0.2, 0.25) is 0 Å². The Bertz CT molecular complexity index is 1040. The number of unbranched alkanes of at least 4 members (excludes halogenated alkanes) is 12. The van der Waals surface area contributed by atoms with Crippen LogP contribution in [0.2, 0.25) is 0 Å². The van der Waals surface area contributed by atoms with Crippen LogP contribution in [0, 0.1) is 22.7 Å². The molecule has 0 unspecified atom stereocenters. The molecule has 0 aromatic carbocycles. The minimum Gasteiger partial charge on any atom is -0.461 e. The largest absolute Gasteiger partial charge is 0.461 e. The van der Waals surface area contributed by atoms with Crippen molar-refractivity contribution in [2.75, 3.05) is 46.2 Å². The summed E-state index contributed by atoms with van der Waals surface area (Å²) in [4.78, 5) is 41.1. The summed E-state index contributed by atoms with van der Waals surface area (Å²) in [5.74, 6) is 1.33. The monoisotopic (exact) mass is 862 g/mol. The third kappa shape index (κ3) is 34.0. The normalized spacial score (nSPS) is 12.6. The van der Waals surface area contributed by atoms with Crippen molar-refractivity contribution in [3.05, 3.63) is 24.3 Å². The van der Waals surface area contributed by atoms with E-state index < -0.39 is 7.92 Å². The molecule has 0 aromatic heterocycles. The molecule has 0 aliphatic heterocycles. The fraction of sp³-hybridized carbons (Fsp3) is 0.868. The minimum absolute atomic E-state index is 0.0651. The van der Waals surface area contributed by atoms with E-state index in [9.17, 15) is 14.4 Å². The Morgan fingerprint density at radius 1 is 0.533 bits per heavy atom. The van der Waals surface area contributed by atoms with Crippen LogP contribution in [0.25, 0.3) is 0 Å². The Morgan fingerprint density at radius 2 is 0.900 bits per heavy atom. The first-order chi connectivity index (χ1) is 28.7. The first kappa shape index (κ1) is 58.5. The highest BCUT2D eigenvalue weighted by molar-refractivity contribution is 7.74. The molecule has 0 radical (unpaired) electrons. The summed E-state index contributed by atoms with van der Waals surface area (Å²) < 4.78 is 11.0. The van der Waals surface area contributed by atoms with Gasteiger partial charge in [-0.25, -0.2) is 0 Å². The van der Waals surface area contributed by atoms with Crippen molar-refractivity contribution in [1.29, 1.82) is 0 Å². The first-order valence-corrected chi connectivity index (χ1v) is 27.0. The van der Waals surface area contributed by atoms with E-state index in [-0.39, 0.29) is 22.8 Å². The second kappa shape index (κ2) is 38.0. The molecule has 0 bridgehead atoms. The van der Waals surface area contributed by atoms with Gasteiger partial charge >= 0.3 is 11.9 Å². The standard InChI is InChI=1S/C53H100NO5P/c1-11-15-33-47(34-16-12-2)37-27-29-41-58-49(55)39-25-21-19-23-31-43-60(51(57)53(7,8)45-52(5,6)46-54(9)10)44-32-24-20-22-26-40-50(56)59-42-30-28-38-48(35-17-13-3)36-18-14-4/h27-30,47-48H,11-26,31-46H2,1-10H3/b29-27-,30-28-. The molecule has 0 amide bonds. The number of nitrogens with zero attached hydrogens (tertiary/aromatic N) is 1. The minimum atomic E-state index is -0.709. The van der Waals surface area contributed by atoms with Crippen LogP contribution in [-0.2, 0) is 23.9 Å². The lowest BCUT2D eigenvalue weighted by Crippen LogP contribution is -2.36. The maximum atomic E-state index is 14.2. The van der Waals surface area contributed by atoms with Crippen LogP contribution in [-0.4, -0.2) is 68.5 Å². The van der Waals surface area contributed by atoms with Gasteiger partial charge in [-0.05, 0) is 96.5 Å². The van der Waals surface area contributed by atoms with Crippen LogP contribution in [0.15, 0.2) is 24.3 Å². The number of esters is 2. The number of allylic oxidation sites excluding steroid dienone is 2. The molecule has 7 heteroatoms. The van der Waals surface area contributed by atoms with E-state index >= 15 is 0 Å². The molecular weight excluding hydrogens is 762 g/mol. The molecule has 0 fully saturated rings. The SMILES string of the molecule is CCCCC(C/C=C\COC(=O)CCCCCCCP(CCCCCCCC(=O)OC/C=C\CC(CCCC)CCCC)C(=O)C(C)(C)CC(C)(C)CN(C)C)CCCC. The smallest absolute Gasteiger partial charge is 0.306 e. The number of ether oxygens (including phenoxy) is 2. The second-order valence-electron chi connectivity index (χ2n) is 19.9. The summed E-state index contributed by atoms with van der Waals surface area (Å²) in [6.07, 6.45) is 40.3. The molecule has 6 nitrogen and oxygen atoms in total. The topological polar surface area (TPSA) is 72.9 Å². The van der Waals surface area contributed by atoms with E-state index in [4.69, 9.17) is 9.47 Å². The molecule has 0 atom stereocenters. The van der Waals surface area contributed by atoms with Gasteiger partial charge in [0.25, 0.3) is 0 Å². The molecule has 60 heavy (non-hydrogen) atoms. The summed E-state index contributed by atoms with van der Waals surface area (Å²) in [5.41, 5.74) is 0.219. The van der Waals surface area contributed by atoms with Gasteiger partial charge in [-0.2, -0.15) is 0 Å². The predicted octanol–water partition coefficient (Wildman–Crippen LogP) is 15.7. The van der Waals surface area contributed by atoms with Crippen molar-refractivity contribution in [2.45, 2.75) is 229 Å². The number of hydrogen-bond acceptors (Lipinski definition) is 6. The summed E-state index contributed by atoms with van der Waals surface area (Å²) in [5, 5.41) is 0. The van der Waals surface area contributed by atoms with Crippen LogP contribution >= 0.6 is 7.92 Å². The van der Waals surface area contributed by atoms with E-state index in [2.05, 4.69) is 86.5 Å². The van der Waals surface area contributed by atoms with Crippen molar-refractivity contribution >= 4 is 25.4 Å². The molecule has 0 saturated carbocycles. The average molecular weight is 862 g/mol. The zero-order valence-corrected chi connectivity index (χ0v) is 42.4. The summed E-state index contributed by atoms with van der Waals surface area (Å²) >= 11 is 0. The molecule has 0 rings (SSSR count). The van der Waals surface area contributed by atoms with Gasteiger partial charge in [-0.3, -0.25) is 14.4 Å². The fourth-order valence-corrected chi connectivity index (χ4v) is 11.8. The van der Waals surface area contributed by atoms with Crippen molar-refractivity contribution in [2.24, 2.45) is 22.7 Å². The van der Waals surface area contributed by atoms with Gasteiger partial charge in [0.05, 0.1) is 0 Å².